The van der Waals surface area contributed by atoms with Gasteiger partial charge in [0.2, 0.25) is 0 Å². The summed E-state index contributed by atoms with van der Waals surface area (Å²) in [6.45, 7) is 1.88. The number of nitrogens with zero attached hydrogens (tertiary/aromatic N) is 5. The fraction of sp³-hybridized carbons (Fsp3) is 0.350. The molecular formula is C20H19ClF3N7O. The van der Waals surface area contributed by atoms with Gasteiger partial charge >= 0.3 is 6.18 Å². The van der Waals surface area contributed by atoms with Crippen LogP contribution in [0.4, 0.5) is 19.0 Å². The van der Waals surface area contributed by atoms with Gasteiger partial charge < -0.3 is 10.6 Å². The Kier molecular flexibility index (Phi) is 5.76. The molecular weight excluding hydrogens is 447 g/mol. The maximum absolute atomic E-state index is 13.2. The summed E-state index contributed by atoms with van der Waals surface area (Å²) in [6, 6.07) is 4.66. The summed E-state index contributed by atoms with van der Waals surface area (Å²) in [7, 11) is 0. The van der Waals surface area contributed by atoms with Gasteiger partial charge in [-0.25, -0.2) is 9.97 Å². The quantitative estimate of drug-likeness (QED) is 0.593. The first kappa shape index (κ1) is 22.0. The maximum Gasteiger partial charge on any atom is 0.434 e. The lowest BCUT2D eigenvalue weighted by molar-refractivity contribution is -0.141. The van der Waals surface area contributed by atoms with Crippen molar-refractivity contribution in [2.45, 2.75) is 43.9 Å². The van der Waals surface area contributed by atoms with E-state index in [-0.39, 0.29) is 22.4 Å². The number of hydrogen-bond acceptors (Lipinski definition) is 6. The van der Waals surface area contributed by atoms with Crippen molar-refractivity contribution < 1.29 is 18.0 Å². The number of anilines is 1. The van der Waals surface area contributed by atoms with Crippen LogP contribution in [0.5, 0.6) is 0 Å². The van der Waals surface area contributed by atoms with Crippen molar-refractivity contribution in [1.29, 1.82) is 0 Å². The minimum atomic E-state index is -4.56. The minimum Gasteiger partial charge on any atom is -0.362 e. The van der Waals surface area contributed by atoms with Crippen LogP contribution >= 0.6 is 11.6 Å². The fourth-order valence-electron chi connectivity index (χ4n) is 3.85. The largest absolute Gasteiger partial charge is 0.434 e. The number of aromatic nitrogens is 5. The highest BCUT2D eigenvalue weighted by molar-refractivity contribution is 6.34. The molecule has 1 aliphatic rings. The first-order valence-corrected chi connectivity index (χ1v) is 10.2. The van der Waals surface area contributed by atoms with Crippen LogP contribution in [0.15, 0.2) is 43.0 Å². The zero-order chi connectivity index (χ0) is 22.9. The molecule has 0 saturated heterocycles. The van der Waals surface area contributed by atoms with E-state index < -0.39 is 23.3 Å². The zero-order valence-corrected chi connectivity index (χ0v) is 17.7. The molecule has 2 aromatic heterocycles. The van der Waals surface area contributed by atoms with E-state index in [4.69, 9.17) is 11.6 Å². The van der Waals surface area contributed by atoms with Crippen LogP contribution in [-0.2, 0) is 6.18 Å². The normalized spacial score (nSPS) is 20.8. The van der Waals surface area contributed by atoms with Crippen LogP contribution in [-0.4, -0.2) is 42.4 Å². The van der Waals surface area contributed by atoms with E-state index in [1.165, 1.54) is 17.2 Å². The molecule has 1 fully saturated rings. The Balaban J connectivity index is 1.54. The highest BCUT2D eigenvalue weighted by atomic mass is 35.5. The second-order valence-electron chi connectivity index (χ2n) is 7.70. The smallest absolute Gasteiger partial charge is 0.362 e. The predicted molar refractivity (Wildman–Crippen MR) is 111 cm³/mol. The molecule has 0 bridgehead atoms. The molecule has 1 aliphatic carbocycles. The summed E-state index contributed by atoms with van der Waals surface area (Å²) in [4.78, 5) is 21.8. The number of carbonyl (C=O) groups is 1. The summed E-state index contributed by atoms with van der Waals surface area (Å²) < 4.78 is 38.2. The lowest BCUT2D eigenvalue weighted by atomic mass is 9.95. The molecule has 0 spiro atoms. The number of amides is 1. The topological polar surface area (TPSA) is 97.6 Å². The summed E-state index contributed by atoms with van der Waals surface area (Å²) in [6.07, 6.45) is 2.30. The first-order chi connectivity index (χ1) is 15.2. The molecule has 2 N–H and O–H groups in total. The van der Waals surface area contributed by atoms with E-state index in [0.29, 0.717) is 24.7 Å². The lowest BCUT2D eigenvalue weighted by Crippen LogP contribution is -2.52. The molecule has 168 valence electrons. The summed E-state index contributed by atoms with van der Waals surface area (Å²) >= 11 is 6.32. The molecule has 2 atom stereocenters. The first-order valence-electron chi connectivity index (χ1n) is 9.81. The van der Waals surface area contributed by atoms with E-state index in [2.05, 4.69) is 30.8 Å². The average Bonchev–Trinajstić information content (AvgIpc) is 3.38. The molecule has 1 saturated carbocycles. The molecule has 1 unspecified atom stereocenters. The van der Waals surface area contributed by atoms with Gasteiger partial charge in [0.05, 0.1) is 52.6 Å². The number of nitrogens with one attached hydrogen (secondary N) is 2. The molecule has 12 heteroatoms. The van der Waals surface area contributed by atoms with Gasteiger partial charge in [-0.3, -0.25) is 4.79 Å². The predicted octanol–water partition coefficient (Wildman–Crippen LogP) is 3.88. The Bertz CT molecular complexity index is 1110. The number of rotatable bonds is 5. The average molecular weight is 466 g/mol. The molecule has 1 amide bonds. The van der Waals surface area contributed by atoms with Crippen LogP contribution in [0.3, 0.4) is 0 Å². The van der Waals surface area contributed by atoms with E-state index in [0.717, 1.165) is 12.6 Å². The van der Waals surface area contributed by atoms with Crippen LogP contribution in [0.1, 0.15) is 42.2 Å². The Hall–Kier alpha value is -3.21. The van der Waals surface area contributed by atoms with Crippen LogP contribution in [0.25, 0.3) is 5.69 Å². The van der Waals surface area contributed by atoms with Crippen molar-refractivity contribution in [3.8, 4) is 5.69 Å². The molecule has 1 aromatic carbocycles. The van der Waals surface area contributed by atoms with E-state index in [1.807, 2.05) is 6.92 Å². The summed E-state index contributed by atoms with van der Waals surface area (Å²) in [5, 5.41) is 14.5. The second kappa shape index (κ2) is 8.38. The van der Waals surface area contributed by atoms with Gasteiger partial charge in [-0.2, -0.15) is 28.2 Å². The maximum atomic E-state index is 13.2. The van der Waals surface area contributed by atoms with Gasteiger partial charge in [-0.05, 0) is 38.3 Å². The van der Waals surface area contributed by atoms with E-state index in [9.17, 15) is 18.0 Å². The van der Waals surface area contributed by atoms with Gasteiger partial charge in [-0.1, -0.05) is 17.7 Å². The summed E-state index contributed by atoms with van der Waals surface area (Å²) in [5.41, 5.74) is -1.05. The molecule has 3 aromatic rings. The number of hydrogen-bond donors (Lipinski definition) is 2. The molecule has 32 heavy (non-hydrogen) atoms. The Morgan fingerprint density at radius 1 is 1.22 bits per heavy atom. The SMILES string of the molecule is C[C@]1(Nc2cnc(C(F)(F)F)cn2)CCCC1NC(=O)c1c(Cl)cccc1-n1nccn1. The third kappa shape index (κ3) is 4.38. The lowest BCUT2D eigenvalue weighted by Gasteiger charge is -2.34. The molecule has 4 rings (SSSR count). The number of alkyl halides is 3. The Morgan fingerprint density at radius 3 is 2.62 bits per heavy atom. The Labute approximate surface area is 186 Å². The molecule has 2 heterocycles. The van der Waals surface area contributed by atoms with E-state index in [1.54, 1.807) is 18.2 Å². The number of benzene rings is 1. The summed E-state index contributed by atoms with van der Waals surface area (Å²) in [5.74, 6) is -0.206. The van der Waals surface area contributed by atoms with Crippen molar-refractivity contribution >= 4 is 23.3 Å². The minimum absolute atomic E-state index is 0.195. The molecule has 8 nitrogen and oxygen atoms in total. The van der Waals surface area contributed by atoms with Crippen LogP contribution in [0, 0.1) is 0 Å². The van der Waals surface area contributed by atoms with Crippen LogP contribution < -0.4 is 10.6 Å². The van der Waals surface area contributed by atoms with Gasteiger partial charge in [0.15, 0.2) is 5.69 Å². The third-order valence-corrected chi connectivity index (χ3v) is 5.79. The third-order valence-electron chi connectivity index (χ3n) is 5.47. The van der Waals surface area contributed by atoms with E-state index >= 15 is 0 Å². The fourth-order valence-corrected chi connectivity index (χ4v) is 4.11. The van der Waals surface area contributed by atoms with Crippen molar-refractivity contribution in [3.63, 3.8) is 0 Å². The van der Waals surface area contributed by atoms with Gasteiger partial charge in [0, 0.05) is 0 Å². The van der Waals surface area contributed by atoms with Crippen molar-refractivity contribution in [2.75, 3.05) is 5.32 Å². The standard InChI is InChI=1S/C20H19ClF3N7O/c1-19(30-16-11-25-15(10-26-16)20(22,23)24)7-3-6-14(19)29-18(32)17-12(21)4-2-5-13(17)31-27-8-9-28-31/h2,4-5,8-11,14H,3,6-7H2,1H3,(H,26,30)(H,29,32)/t14?,19-/m0/s1. The van der Waals surface area contributed by atoms with Gasteiger partial charge in [0.1, 0.15) is 5.82 Å². The highest BCUT2D eigenvalue weighted by Gasteiger charge is 2.41. The highest BCUT2D eigenvalue weighted by Crippen LogP contribution is 2.34. The van der Waals surface area contributed by atoms with Crippen LogP contribution in [0.2, 0.25) is 5.02 Å². The van der Waals surface area contributed by atoms with Crippen molar-refractivity contribution in [3.05, 3.63) is 59.3 Å². The van der Waals surface area contributed by atoms with Gasteiger partial charge in [0.25, 0.3) is 5.91 Å². The van der Waals surface area contributed by atoms with Crippen molar-refractivity contribution in [2.24, 2.45) is 0 Å². The Morgan fingerprint density at radius 2 is 1.97 bits per heavy atom. The second-order valence-corrected chi connectivity index (χ2v) is 8.11. The number of halogens is 4. The number of carbonyl (C=O) groups excluding carboxylic acids is 1. The monoisotopic (exact) mass is 465 g/mol. The van der Waals surface area contributed by atoms with Crippen molar-refractivity contribution in [1.82, 2.24) is 30.3 Å². The molecule has 0 radical (unpaired) electrons. The van der Waals surface area contributed by atoms with Gasteiger partial charge in [-0.15, -0.1) is 0 Å². The zero-order valence-electron chi connectivity index (χ0n) is 16.9. The molecule has 0 aliphatic heterocycles.